The van der Waals surface area contributed by atoms with Crippen LogP contribution in [0.5, 0.6) is 0 Å². The van der Waals surface area contributed by atoms with Crippen LogP contribution in [-0.2, 0) is 20.7 Å². The van der Waals surface area contributed by atoms with Gasteiger partial charge in [-0.1, -0.05) is 57.0 Å². The second kappa shape index (κ2) is 11.6. The molecule has 2 amide bonds. The monoisotopic (exact) mass is 498 g/mol. The predicted molar refractivity (Wildman–Crippen MR) is 142 cm³/mol. The highest BCUT2D eigenvalue weighted by molar-refractivity contribution is 5.92. The maximum Gasteiger partial charge on any atom is 0.242 e. The fourth-order valence-electron chi connectivity index (χ4n) is 6.01. The van der Waals surface area contributed by atoms with Crippen LogP contribution in [0.25, 0.3) is 0 Å². The van der Waals surface area contributed by atoms with Crippen molar-refractivity contribution in [3.63, 3.8) is 0 Å². The zero-order valence-corrected chi connectivity index (χ0v) is 22.3. The number of ether oxygens (including phenoxy) is 1. The summed E-state index contributed by atoms with van der Waals surface area (Å²) < 4.78 is 5.56. The molecule has 1 aromatic rings. The number of nitrogens with zero attached hydrogens (tertiary/aromatic N) is 1. The largest absolute Gasteiger partial charge is 0.381 e. The van der Waals surface area contributed by atoms with Crippen LogP contribution in [0.4, 0.5) is 0 Å². The van der Waals surface area contributed by atoms with E-state index in [0.717, 1.165) is 76.9 Å². The van der Waals surface area contributed by atoms with Gasteiger partial charge in [0.05, 0.1) is 5.54 Å². The minimum atomic E-state index is -0.852. The summed E-state index contributed by atoms with van der Waals surface area (Å²) in [7, 11) is 0. The lowest BCUT2D eigenvalue weighted by atomic mass is 9.77. The van der Waals surface area contributed by atoms with Crippen molar-refractivity contribution in [1.29, 1.82) is 0 Å². The summed E-state index contributed by atoms with van der Waals surface area (Å²) in [5, 5.41) is 6.21. The first-order valence-corrected chi connectivity index (χ1v) is 13.9. The number of likely N-dealkylation sites (tertiary alicyclic amines) is 1. The van der Waals surface area contributed by atoms with Crippen LogP contribution in [0.1, 0.15) is 70.8 Å². The fourth-order valence-corrected chi connectivity index (χ4v) is 6.01. The summed E-state index contributed by atoms with van der Waals surface area (Å²) in [4.78, 5) is 29.0. The number of carbonyl (C=O) groups is 2. The second-order valence-electron chi connectivity index (χ2n) is 12.3. The Balaban J connectivity index is 1.31. The molecule has 3 fully saturated rings. The summed E-state index contributed by atoms with van der Waals surface area (Å²) in [5.41, 5.74) is 6.97. The maximum atomic E-state index is 13.4. The number of rotatable bonds is 9. The van der Waals surface area contributed by atoms with E-state index in [1.807, 2.05) is 30.3 Å². The number of benzene rings is 1. The normalized spacial score (nSPS) is 24.1. The van der Waals surface area contributed by atoms with E-state index in [1.165, 1.54) is 0 Å². The van der Waals surface area contributed by atoms with Gasteiger partial charge in [0.25, 0.3) is 0 Å². The molecule has 0 aromatic heterocycles. The zero-order chi connectivity index (χ0) is 25.7. The van der Waals surface area contributed by atoms with Crippen LogP contribution in [0, 0.1) is 10.8 Å². The molecule has 4 rings (SSSR count). The van der Waals surface area contributed by atoms with Crippen LogP contribution in [-0.4, -0.2) is 67.7 Å². The number of nitrogens with one attached hydrogen (secondary N) is 2. The van der Waals surface area contributed by atoms with Gasteiger partial charge in [0, 0.05) is 32.7 Å². The number of hydrogen-bond acceptors (Lipinski definition) is 5. The molecule has 3 aliphatic rings. The molecule has 1 aromatic carbocycles. The maximum absolute atomic E-state index is 13.4. The third kappa shape index (κ3) is 7.08. The molecule has 7 nitrogen and oxygen atoms in total. The van der Waals surface area contributed by atoms with E-state index >= 15 is 0 Å². The Morgan fingerprint density at radius 3 is 2.25 bits per heavy atom. The van der Waals surface area contributed by atoms with Crippen molar-refractivity contribution < 1.29 is 14.3 Å². The van der Waals surface area contributed by atoms with Crippen molar-refractivity contribution in [3.05, 3.63) is 35.9 Å². The molecular formula is C29H46N4O3. The highest BCUT2D eigenvalue weighted by Gasteiger charge is 2.39. The molecule has 1 atom stereocenters. The van der Waals surface area contributed by atoms with Crippen molar-refractivity contribution in [2.24, 2.45) is 16.6 Å². The Morgan fingerprint density at radius 2 is 1.61 bits per heavy atom. The molecule has 0 unspecified atom stereocenters. The van der Waals surface area contributed by atoms with Crippen LogP contribution < -0.4 is 16.4 Å². The first-order valence-electron chi connectivity index (χ1n) is 13.9. The van der Waals surface area contributed by atoms with E-state index in [1.54, 1.807) is 0 Å². The Hall–Kier alpha value is -1.96. The molecular weight excluding hydrogens is 452 g/mol. The van der Waals surface area contributed by atoms with Gasteiger partial charge in [-0.25, -0.2) is 0 Å². The van der Waals surface area contributed by atoms with Gasteiger partial charge in [0.1, 0.15) is 6.04 Å². The molecule has 1 saturated carbocycles. The van der Waals surface area contributed by atoms with Crippen molar-refractivity contribution in [2.45, 2.75) is 83.2 Å². The summed E-state index contributed by atoms with van der Waals surface area (Å²) in [6, 6.07) is 9.25. The predicted octanol–water partition coefficient (Wildman–Crippen LogP) is 3.02. The minimum Gasteiger partial charge on any atom is -0.381 e. The van der Waals surface area contributed by atoms with Crippen molar-refractivity contribution in [2.75, 3.05) is 39.4 Å². The third-order valence-electron chi connectivity index (χ3n) is 8.91. The van der Waals surface area contributed by atoms with E-state index in [0.29, 0.717) is 31.2 Å². The highest BCUT2D eigenvalue weighted by Crippen LogP contribution is 2.35. The Kier molecular flexibility index (Phi) is 8.74. The molecule has 0 spiro atoms. The lowest BCUT2D eigenvalue weighted by Gasteiger charge is -2.44. The van der Waals surface area contributed by atoms with E-state index in [2.05, 4.69) is 29.4 Å². The number of amides is 2. The van der Waals surface area contributed by atoms with Crippen molar-refractivity contribution >= 4 is 11.8 Å². The van der Waals surface area contributed by atoms with Crippen molar-refractivity contribution in [3.8, 4) is 0 Å². The van der Waals surface area contributed by atoms with Crippen LogP contribution in [0.3, 0.4) is 0 Å². The number of piperidine rings is 1. The van der Waals surface area contributed by atoms with Crippen LogP contribution in [0.2, 0.25) is 0 Å². The molecule has 2 heterocycles. The van der Waals surface area contributed by atoms with Gasteiger partial charge < -0.3 is 26.0 Å². The summed E-state index contributed by atoms with van der Waals surface area (Å²) >= 11 is 0. The van der Waals surface area contributed by atoms with Gasteiger partial charge in [-0.3, -0.25) is 9.59 Å². The number of carbonyl (C=O) groups excluding carboxylic acids is 2. The zero-order valence-electron chi connectivity index (χ0n) is 22.3. The van der Waals surface area contributed by atoms with Gasteiger partial charge in [-0.15, -0.1) is 0 Å². The molecule has 2 saturated heterocycles. The first-order chi connectivity index (χ1) is 17.2. The topological polar surface area (TPSA) is 96.7 Å². The van der Waals surface area contributed by atoms with Gasteiger partial charge in [0.15, 0.2) is 0 Å². The SMILES string of the molecule is CC1(CNC(=O)[C@@H](Cc2ccccc2)NC(=O)C2(N)CCCC2)CCN(CC2(C)CCOCC2)CC1. The smallest absolute Gasteiger partial charge is 0.242 e. The summed E-state index contributed by atoms with van der Waals surface area (Å²) in [6.45, 7) is 10.3. The Morgan fingerprint density at radius 1 is 0.972 bits per heavy atom. The van der Waals surface area contributed by atoms with Gasteiger partial charge >= 0.3 is 0 Å². The molecule has 0 bridgehead atoms. The van der Waals surface area contributed by atoms with Crippen LogP contribution in [0.15, 0.2) is 30.3 Å². The lowest BCUT2D eigenvalue weighted by molar-refractivity contribution is -0.132. The highest BCUT2D eigenvalue weighted by atomic mass is 16.5. The van der Waals surface area contributed by atoms with Gasteiger partial charge in [0.2, 0.25) is 11.8 Å². The standard InChI is InChI=1S/C29H46N4O3/c1-27(12-16-33(17-13-27)22-28(2)14-18-36-19-15-28)21-31-25(34)24(20-23-8-4-3-5-9-23)32-26(35)29(30)10-6-7-11-29/h3-5,8-9,24H,6-7,10-22,30H2,1-2H3,(H,31,34)(H,32,35)/t24-/m1/s1. The molecule has 1 aliphatic carbocycles. The summed E-state index contributed by atoms with van der Waals surface area (Å²) in [5.74, 6) is -0.315. The van der Waals surface area contributed by atoms with Crippen molar-refractivity contribution in [1.82, 2.24) is 15.5 Å². The molecule has 0 radical (unpaired) electrons. The van der Waals surface area contributed by atoms with Gasteiger partial charge in [-0.05, 0) is 68.0 Å². The average molecular weight is 499 g/mol. The van der Waals surface area contributed by atoms with Crippen LogP contribution >= 0.6 is 0 Å². The van der Waals surface area contributed by atoms with E-state index in [-0.39, 0.29) is 17.2 Å². The summed E-state index contributed by atoms with van der Waals surface area (Å²) in [6.07, 6.45) is 8.12. The average Bonchev–Trinajstić information content (AvgIpc) is 3.32. The second-order valence-corrected chi connectivity index (χ2v) is 12.3. The fraction of sp³-hybridized carbons (Fsp3) is 0.724. The Labute approximate surface area is 216 Å². The molecule has 2 aliphatic heterocycles. The third-order valence-corrected chi connectivity index (χ3v) is 8.91. The van der Waals surface area contributed by atoms with E-state index in [9.17, 15) is 9.59 Å². The Bertz CT molecular complexity index is 870. The van der Waals surface area contributed by atoms with E-state index in [4.69, 9.17) is 10.5 Å². The minimum absolute atomic E-state index is 0.0601. The number of hydrogen-bond donors (Lipinski definition) is 3. The molecule has 36 heavy (non-hydrogen) atoms. The molecule has 7 heteroatoms. The quantitative estimate of drug-likeness (QED) is 0.486. The number of nitrogens with two attached hydrogens (primary N) is 1. The molecule has 200 valence electrons. The van der Waals surface area contributed by atoms with Gasteiger partial charge in [-0.2, -0.15) is 0 Å². The van der Waals surface area contributed by atoms with E-state index < -0.39 is 11.6 Å². The first kappa shape index (κ1) is 27.1. The molecule has 4 N–H and O–H groups in total. The lowest BCUT2D eigenvalue weighted by Crippen LogP contribution is -2.58.